The molecular weight excluding hydrogens is 278 g/mol. The van der Waals surface area contributed by atoms with E-state index in [1.807, 2.05) is 56.6 Å². The van der Waals surface area contributed by atoms with Crippen molar-refractivity contribution in [1.82, 2.24) is 4.90 Å². The van der Waals surface area contributed by atoms with Crippen molar-refractivity contribution in [3.63, 3.8) is 0 Å². The molecule has 0 aliphatic heterocycles. The van der Waals surface area contributed by atoms with E-state index in [0.717, 1.165) is 16.7 Å². The zero-order valence-corrected chi connectivity index (χ0v) is 13.5. The summed E-state index contributed by atoms with van der Waals surface area (Å²) in [5, 5.41) is 10.9. The standard InChI is InChI=1S/C18H23NO3/c1-19(2)12-14-10-11-15(21-3)18(22-4)16(14)17(20)13-8-6-5-7-9-13/h5-11,17,20H,12H2,1-4H3. The van der Waals surface area contributed by atoms with Crippen LogP contribution in [0.25, 0.3) is 0 Å². The molecular formula is C18H23NO3. The van der Waals surface area contributed by atoms with Gasteiger partial charge in [0.2, 0.25) is 0 Å². The van der Waals surface area contributed by atoms with Crippen molar-refractivity contribution in [3.05, 3.63) is 59.2 Å². The molecule has 2 rings (SSSR count). The molecule has 1 N–H and O–H groups in total. The van der Waals surface area contributed by atoms with Gasteiger partial charge in [-0.1, -0.05) is 36.4 Å². The SMILES string of the molecule is COc1ccc(CN(C)C)c(C(O)c2ccccc2)c1OC. The second kappa shape index (κ2) is 7.29. The van der Waals surface area contributed by atoms with Gasteiger partial charge in [0.1, 0.15) is 6.10 Å². The maximum Gasteiger partial charge on any atom is 0.167 e. The van der Waals surface area contributed by atoms with Crippen molar-refractivity contribution in [1.29, 1.82) is 0 Å². The van der Waals surface area contributed by atoms with Gasteiger partial charge in [-0.3, -0.25) is 0 Å². The number of methoxy groups -OCH3 is 2. The first-order valence-corrected chi connectivity index (χ1v) is 7.20. The maximum atomic E-state index is 10.9. The maximum absolute atomic E-state index is 10.9. The Kier molecular flexibility index (Phi) is 5.41. The molecule has 0 saturated carbocycles. The summed E-state index contributed by atoms with van der Waals surface area (Å²) in [5.41, 5.74) is 2.59. The summed E-state index contributed by atoms with van der Waals surface area (Å²) >= 11 is 0. The van der Waals surface area contributed by atoms with Crippen LogP contribution in [0.5, 0.6) is 11.5 Å². The molecule has 4 heteroatoms. The Labute approximate surface area is 131 Å². The van der Waals surface area contributed by atoms with Crippen LogP contribution in [0.3, 0.4) is 0 Å². The monoisotopic (exact) mass is 301 g/mol. The third-order valence-electron chi connectivity index (χ3n) is 3.55. The number of aliphatic hydroxyl groups excluding tert-OH is 1. The highest BCUT2D eigenvalue weighted by Crippen LogP contribution is 2.40. The van der Waals surface area contributed by atoms with Crippen molar-refractivity contribution < 1.29 is 14.6 Å². The van der Waals surface area contributed by atoms with E-state index in [1.165, 1.54) is 0 Å². The number of ether oxygens (including phenoxy) is 2. The summed E-state index contributed by atoms with van der Waals surface area (Å²) in [4.78, 5) is 2.06. The van der Waals surface area contributed by atoms with E-state index in [2.05, 4.69) is 4.90 Å². The van der Waals surface area contributed by atoms with E-state index in [-0.39, 0.29) is 0 Å². The molecule has 0 saturated heterocycles. The summed E-state index contributed by atoms with van der Waals surface area (Å²) in [6, 6.07) is 13.4. The van der Waals surface area contributed by atoms with Crippen LogP contribution in [-0.2, 0) is 6.54 Å². The highest BCUT2D eigenvalue weighted by molar-refractivity contribution is 5.54. The van der Waals surface area contributed by atoms with E-state index in [1.54, 1.807) is 14.2 Å². The van der Waals surface area contributed by atoms with Crippen molar-refractivity contribution in [3.8, 4) is 11.5 Å². The lowest BCUT2D eigenvalue weighted by atomic mass is 9.95. The normalized spacial score (nSPS) is 12.3. The molecule has 1 unspecified atom stereocenters. The zero-order valence-electron chi connectivity index (χ0n) is 13.5. The summed E-state index contributed by atoms with van der Waals surface area (Å²) in [5.74, 6) is 1.20. The average molecular weight is 301 g/mol. The highest BCUT2D eigenvalue weighted by atomic mass is 16.5. The minimum absolute atomic E-state index is 0.582. The summed E-state index contributed by atoms with van der Waals surface area (Å²) in [6.07, 6.45) is -0.763. The van der Waals surface area contributed by atoms with Crippen LogP contribution in [0.2, 0.25) is 0 Å². The first-order valence-electron chi connectivity index (χ1n) is 7.20. The second-order valence-corrected chi connectivity index (χ2v) is 5.42. The molecule has 1 atom stereocenters. The van der Waals surface area contributed by atoms with Crippen molar-refractivity contribution in [2.75, 3.05) is 28.3 Å². The van der Waals surface area contributed by atoms with Crippen LogP contribution in [0.15, 0.2) is 42.5 Å². The summed E-state index contributed by atoms with van der Waals surface area (Å²) in [6.45, 7) is 0.708. The van der Waals surface area contributed by atoms with Crippen molar-refractivity contribution in [2.45, 2.75) is 12.6 Å². The minimum atomic E-state index is -0.763. The van der Waals surface area contributed by atoms with Crippen LogP contribution < -0.4 is 9.47 Å². The van der Waals surface area contributed by atoms with Crippen LogP contribution in [0, 0.1) is 0 Å². The Bertz CT molecular complexity index is 611. The Hall–Kier alpha value is -2.04. The van der Waals surface area contributed by atoms with Crippen molar-refractivity contribution >= 4 is 0 Å². The van der Waals surface area contributed by atoms with Crippen LogP contribution in [0.1, 0.15) is 22.8 Å². The molecule has 0 fully saturated rings. The number of rotatable bonds is 6. The quantitative estimate of drug-likeness (QED) is 0.891. The molecule has 0 bridgehead atoms. The topological polar surface area (TPSA) is 41.9 Å². The Balaban J connectivity index is 2.58. The van der Waals surface area contributed by atoms with Gasteiger partial charge in [-0.15, -0.1) is 0 Å². The van der Waals surface area contributed by atoms with Gasteiger partial charge in [0.05, 0.1) is 14.2 Å². The largest absolute Gasteiger partial charge is 0.493 e. The lowest BCUT2D eigenvalue weighted by Crippen LogP contribution is -2.15. The van der Waals surface area contributed by atoms with E-state index in [9.17, 15) is 5.11 Å². The summed E-state index contributed by atoms with van der Waals surface area (Å²) < 4.78 is 10.9. The van der Waals surface area contributed by atoms with E-state index in [4.69, 9.17) is 9.47 Å². The molecule has 0 amide bonds. The third kappa shape index (κ3) is 3.40. The van der Waals surface area contributed by atoms with Crippen LogP contribution >= 0.6 is 0 Å². The number of hydrogen-bond acceptors (Lipinski definition) is 4. The first-order chi connectivity index (χ1) is 10.6. The molecule has 2 aromatic rings. The number of nitrogens with zero attached hydrogens (tertiary/aromatic N) is 1. The van der Waals surface area contributed by atoms with Gasteiger partial charge in [-0.2, -0.15) is 0 Å². The lowest BCUT2D eigenvalue weighted by molar-refractivity contribution is 0.210. The molecule has 0 aliphatic carbocycles. The molecule has 0 aliphatic rings. The molecule has 0 spiro atoms. The van der Waals surface area contributed by atoms with Gasteiger partial charge in [0.15, 0.2) is 11.5 Å². The molecule has 118 valence electrons. The van der Waals surface area contributed by atoms with Gasteiger partial charge in [0.25, 0.3) is 0 Å². The smallest absolute Gasteiger partial charge is 0.167 e. The highest BCUT2D eigenvalue weighted by Gasteiger charge is 2.23. The lowest BCUT2D eigenvalue weighted by Gasteiger charge is -2.23. The summed E-state index contributed by atoms with van der Waals surface area (Å²) in [7, 11) is 7.19. The molecule has 0 heterocycles. The Morgan fingerprint density at radius 1 is 1.00 bits per heavy atom. The number of benzene rings is 2. The van der Waals surface area contributed by atoms with Gasteiger partial charge < -0.3 is 19.5 Å². The molecule has 22 heavy (non-hydrogen) atoms. The first kappa shape index (κ1) is 16.3. The van der Waals surface area contributed by atoms with Crippen LogP contribution in [0.4, 0.5) is 0 Å². The Morgan fingerprint density at radius 2 is 1.68 bits per heavy atom. The minimum Gasteiger partial charge on any atom is -0.493 e. The van der Waals surface area contributed by atoms with E-state index < -0.39 is 6.10 Å². The number of hydrogen-bond donors (Lipinski definition) is 1. The molecule has 2 aromatic carbocycles. The number of aliphatic hydroxyl groups is 1. The predicted molar refractivity (Wildman–Crippen MR) is 87.4 cm³/mol. The zero-order chi connectivity index (χ0) is 16.1. The van der Waals surface area contributed by atoms with Gasteiger partial charge in [0, 0.05) is 12.1 Å². The molecule has 0 aromatic heterocycles. The third-order valence-corrected chi connectivity index (χ3v) is 3.55. The predicted octanol–water partition coefficient (Wildman–Crippen LogP) is 2.85. The fourth-order valence-corrected chi connectivity index (χ4v) is 2.57. The van der Waals surface area contributed by atoms with E-state index >= 15 is 0 Å². The fourth-order valence-electron chi connectivity index (χ4n) is 2.57. The Morgan fingerprint density at radius 3 is 2.23 bits per heavy atom. The molecule has 4 nitrogen and oxygen atoms in total. The van der Waals surface area contributed by atoms with E-state index in [0.29, 0.717) is 18.0 Å². The average Bonchev–Trinajstić information content (AvgIpc) is 2.54. The second-order valence-electron chi connectivity index (χ2n) is 5.42. The fraction of sp³-hybridized carbons (Fsp3) is 0.333. The molecule has 0 radical (unpaired) electrons. The van der Waals surface area contributed by atoms with Gasteiger partial charge in [-0.05, 0) is 31.3 Å². The van der Waals surface area contributed by atoms with Gasteiger partial charge >= 0.3 is 0 Å². The van der Waals surface area contributed by atoms with Crippen LogP contribution in [-0.4, -0.2) is 38.3 Å². The van der Waals surface area contributed by atoms with Crippen molar-refractivity contribution in [2.24, 2.45) is 0 Å². The van der Waals surface area contributed by atoms with Gasteiger partial charge in [-0.25, -0.2) is 0 Å².